The Bertz CT molecular complexity index is 949. The molecule has 1 atom stereocenters. The number of fused-ring (bicyclic) bond motifs is 2. The molecule has 0 spiro atoms. The first-order valence-electron chi connectivity index (χ1n) is 9.03. The van der Waals surface area contributed by atoms with Crippen LogP contribution >= 0.6 is 11.8 Å². The second-order valence-electron chi connectivity index (χ2n) is 6.84. The van der Waals surface area contributed by atoms with Gasteiger partial charge < -0.3 is 9.47 Å². The molecule has 0 bridgehead atoms. The standard InChI is InChI=1S/C21H23N3OS/c1-23(18-13-7-9-15-8-3-4-10-16(15)18)20(25)14-26-21-22-17-11-5-6-12-19(17)24(21)2/h3-6,8,10-12,18H,7,9,13-14H2,1-2H3. The lowest BCUT2D eigenvalue weighted by Gasteiger charge is -2.33. The van der Waals surface area contributed by atoms with Gasteiger partial charge in [0.15, 0.2) is 5.16 Å². The van der Waals surface area contributed by atoms with E-state index in [1.54, 1.807) is 0 Å². The summed E-state index contributed by atoms with van der Waals surface area (Å²) in [5.41, 5.74) is 4.75. The molecule has 0 N–H and O–H groups in total. The average molecular weight is 366 g/mol. The van der Waals surface area contributed by atoms with Gasteiger partial charge in [-0.3, -0.25) is 4.79 Å². The number of benzene rings is 2. The molecule has 1 amide bonds. The van der Waals surface area contributed by atoms with Crippen LogP contribution in [-0.4, -0.2) is 33.2 Å². The molecule has 1 aliphatic carbocycles. The van der Waals surface area contributed by atoms with Crippen LogP contribution in [0.3, 0.4) is 0 Å². The molecular weight excluding hydrogens is 342 g/mol. The van der Waals surface area contributed by atoms with Crippen LogP contribution in [0.25, 0.3) is 11.0 Å². The van der Waals surface area contributed by atoms with Gasteiger partial charge in [-0.05, 0) is 42.5 Å². The molecule has 4 rings (SSSR count). The topological polar surface area (TPSA) is 38.1 Å². The van der Waals surface area contributed by atoms with Crippen molar-refractivity contribution in [2.24, 2.45) is 7.05 Å². The maximum Gasteiger partial charge on any atom is 0.233 e. The van der Waals surface area contributed by atoms with Crippen molar-refractivity contribution in [3.8, 4) is 0 Å². The van der Waals surface area contributed by atoms with Crippen LogP contribution in [0.15, 0.2) is 53.7 Å². The predicted octanol–water partition coefficient (Wildman–Crippen LogP) is 4.20. The Balaban J connectivity index is 1.47. The fraction of sp³-hybridized carbons (Fsp3) is 0.333. The summed E-state index contributed by atoms with van der Waals surface area (Å²) < 4.78 is 2.06. The number of amides is 1. The third kappa shape index (κ3) is 3.12. The molecule has 1 unspecified atom stereocenters. The summed E-state index contributed by atoms with van der Waals surface area (Å²) in [4.78, 5) is 19.4. The molecule has 3 aromatic rings. The van der Waals surface area contributed by atoms with Gasteiger partial charge in [-0.15, -0.1) is 0 Å². The van der Waals surface area contributed by atoms with Crippen LogP contribution in [0.2, 0.25) is 0 Å². The third-order valence-electron chi connectivity index (χ3n) is 5.27. The van der Waals surface area contributed by atoms with Crippen molar-refractivity contribution in [3.05, 3.63) is 59.7 Å². The minimum Gasteiger partial charge on any atom is -0.338 e. The maximum atomic E-state index is 12.8. The number of para-hydroxylation sites is 2. The highest BCUT2D eigenvalue weighted by Gasteiger charge is 2.26. The van der Waals surface area contributed by atoms with Gasteiger partial charge in [-0.25, -0.2) is 4.98 Å². The van der Waals surface area contributed by atoms with Gasteiger partial charge in [0.1, 0.15) is 0 Å². The number of aryl methyl sites for hydroxylation is 2. The molecule has 134 valence electrons. The monoisotopic (exact) mass is 365 g/mol. The minimum absolute atomic E-state index is 0.156. The number of rotatable bonds is 4. The largest absolute Gasteiger partial charge is 0.338 e. The Morgan fingerprint density at radius 2 is 2.00 bits per heavy atom. The molecule has 1 aromatic heterocycles. The molecule has 0 saturated heterocycles. The van der Waals surface area contributed by atoms with Crippen LogP contribution in [-0.2, 0) is 18.3 Å². The van der Waals surface area contributed by atoms with Gasteiger partial charge in [0.25, 0.3) is 0 Å². The van der Waals surface area contributed by atoms with Crippen LogP contribution in [0.1, 0.15) is 30.0 Å². The fourth-order valence-corrected chi connectivity index (χ4v) is 4.70. The van der Waals surface area contributed by atoms with Crippen LogP contribution in [0, 0.1) is 0 Å². The van der Waals surface area contributed by atoms with Crippen molar-refractivity contribution in [2.75, 3.05) is 12.8 Å². The Morgan fingerprint density at radius 1 is 1.23 bits per heavy atom. The fourth-order valence-electron chi connectivity index (χ4n) is 3.79. The molecule has 1 heterocycles. The number of imidazole rings is 1. The van der Waals surface area contributed by atoms with E-state index < -0.39 is 0 Å². The van der Waals surface area contributed by atoms with Gasteiger partial charge in [0.05, 0.1) is 22.8 Å². The van der Waals surface area contributed by atoms with Gasteiger partial charge in [-0.2, -0.15) is 0 Å². The zero-order valence-electron chi connectivity index (χ0n) is 15.2. The first kappa shape index (κ1) is 17.2. The molecule has 2 aromatic carbocycles. The quantitative estimate of drug-likeness (QED) is 0.650. The lowest BCUT2D eigenvalue weighted by Crippen LogP contribution is -2.34. The van der Waals surface area contributed by atoms with E-state index in [0.717, 1.165) is 35.5 Å². The van der Waals surface area contributed by atoms with E-state index in [0.29, 0.717) is 5.75 Å². The highest BCUT2D eigenvalue weighted by molar-refractivity contribution is 7.99. The number of hydrogen-bond acceptors (Lipinski definition) is 3. The molecule has 1 aliphatic rings. The van der Waals surface area contributed by atoms with E-state index in [-0.39, 0.29) is 11.9 Å². The van der Waals surface area contributed by atoms with Crippen LogP contribution < -0.4 is 0 Å². The minimum atomic E-state index is 0.156. The van der Waals surface area contributed by atoms with E-state index in [1.807, 2.05) is 37.2 Å². The van der Waals surface area contributed by atoms with E-state index in [1.165, 1.54) is 22.9 Å². The Hall–Kier alpha value is -2.27. The number of thioether (sulfide) groups is 1. The van der Waals surface area contributed by atoms with Crippen molar-refractivity contribution in [1.82, 2.24) is 14.5 Å². The number of carbonyl (C=O) groups is 1. The molecular formula is C21H23N3OS. The number of aromatic nitrogens is 2. The number of carbonyl (C=O) groups excluding carboxylic acids is 1. The van der Waals surface area contributed by atoms with Crippen molar-refractivity contribution >= 4 is 28.7 Å². The van der Waals surface area contributed by atoms with E-state index in [9.17, 15) is 4.79 Å². The number of hydrogen-bond donors (Lipinski definition) is 0. The van der Waals surface area contributed by atoms with Crippen LogP contribution in [0.5, 0.6) is 0 Å². The van der Waals surface area contributed by atoms with Gasteiger partial charge in [0, 0.05) is 14.1 Å². The zero-order valence-corrected chi connectivity index (χ0v) is 16.0. The van der Waals surface area contributed by atoms with E-state index in [2.05, 4.69) is 39.9 Å². The molecule has 0 aliphatic heterocycles. The Morgan fingerprint density at radius 3 is 2.85 bits per heavy atom. The molecule has 0 radical (unpaired) electrons. The third-order valence-corrected chi connectivity index (χ3v) is 6.28. The van der Waals surface area contributed by atoms with Gasteiger partial charge >= 0.3 is 0 Å². The lowest BCUT2D eigenvalue weighted by atomic mass is 9.87. The SMILES string of the molecule is CN(C(=O)CSc1nc2ccccc2n1C)C1CCCc2ccccc21. The predicted molar refractivity (Wildman–Crippen MR) is 106 cm³/mol. The smallest absolute Gasteiger partial charge is 0.233 e. The van der Waals surface area contributed by atoms with E-state index in [4.69, 9.17) is 0 Å². The summed E-state index contributed by atoms with van der Waals surface area (Å²) in [6.07, 6.45) is 3.29. The summed E-state index contributed by atoms with van der Waals surface area (Å²) in [6.45, 7) is 0. The summed E-state index contributed by atoms with van der Waals surface area (Å²) in [5, 5.41) is 0.886. The summed E-state index contributed by atoms with van der Waals surface area (Å²) in [5.74, 6) is 0.565. The molecule has 0 fully saturated rings. The summed E-state index contributed by atoms with van der Waals surface area (Å²) in [7, 11) is 3.94. The van der Waals surface area contributed by atoms with Crippen molar-refractivity contribution in [3.63, 3.8) is 0 Å². The van der Waals surface area contributed by atoms with Crippen LogP contribution in [0.4, 0.5) is 0 Å². The average Bonchev–Trinajstić information content (AvgIpc) is 3.01. The molecule has 0 saturated carbocycles. The summed E-state index contributed by atoms with van der Waals surface area (Å²) >= 11 is 1.52. The maximum absolute atomic E-state index is 12.8. The summed E-state index contributed by atoms with van der Waals surface area (Å²) in [6, 6.07) is 16.8. The second kappa shape index (κ2) is 7.16. The first-order valence-corrected chi connectivity index (χ1v) is 10.0. The highest BCUT2D eigenvalue weighted by atomic mass is 32.2. The first-order chi connectivity index (χ1) is 12.6. The van der Waals surface area contributed by atoms with E-state index >= 15 is 0 Å². The normalized spacial score (nSPS) is 16.5. The van der Waals surface area contributed by atoms with Crippen molar-refractivity contribution < 1.29 is 4.79 Å². The Labute approximate surface area is 158 Å². The van der Waals surface area contributed by atoms with Gasteiger partial charge in [-0.1, -0.05) is 48.2 Å². The van der Waals surface area contributed by atoms with Crippen molar-refractivity contribution in [1.29, 1.82) is 0 Å². The molecule has 4 nitrogen and oxygen atoms in total. The molecule has 5 heteroatoms. The Kier molecular flexibility index (Phi) is 4.72. The van der Waals surface area contributed by atoms with Gasteiger partial charge in [0.2, 0.25) is 5.91 Å². The molecule has 26 heavy (non-hydrogen) atoms. The zero-order chi connectivity index (χ0) is 18.1. The van der Waals surface area contributed by atoms with Crippen molar-refractivity contribution in [2.45, 2.75) is 30.5 Å². The highest BCUT2D eigenvalue weighted by Crippen LogP contribution is 2.34. The lowest BCUT2D eigenvalue weighted by molar-refractivity contribution is -0.129. The second-order valence-corrected chi connectivity index (χ2v) is 7.78. The number of nitrogens with zero attached hydrogens (tertiary/aromatic N) is 3.